The van der Waals surface area contributed by atoms with Gasteiger partial charge in [0.2, 0.25) is 0 Å². The Morgan fingerprint density at radius 2 is 1.93 bits per heavy atom. The van der Waals surface area contributed by atoms with Gasteiger partial charge in [-0.2, -0.15) is 0 Å². The maximum Gasteiger partial charge on any atom is 0.191 e. The second kappa shape index (κ2) is 9.08. The Morgan fingerprint density at radius 1 is 1.14 bits per heavy atom. The van der Waals surface area contributed by atoms with E-state index in [9.17, 15) is 5.11 Å². The van der Waals surface area contributed by atoms with E-state index in [1.165, 1.54) is 0 Å². The average molecular weight is 398 g/mol. The molecule has 1 heterocycles. The Labute approximate surface area is 170 Å². The minimum absolute atomic E-state index is 0.386. The second-order valence-corrected chi connectivity index (χ2v) is 7.80. The van der Waals surface area contributed by atoms with Crippen LogP contribution in [0.3, 0.4) is 0 Å². The van der Waals surface area contributed by atoms with Crippen molar-refractivity contribution in [3.8, 4) is 5.75 Å². The van der Waals surface area contributed by atoms with E-state index in [2.05, 4.69) is 39.9 Å². The lowest BCUT2D eigenvalue weighted by molar-refractivity contribution is 0.0655. The molecule has 3 rings (SSSR count). The summed E-state index contributed by atoms with van der Waals surface area (Å²) in [6.45, 7) is 5.53. The van der Waals surface area contributed by atoms with E-state index in [4.69, 9.17) is 4.74 Å². The van der Waals surface area contributed by atoms with E-state index < -0.39 is 5.60 Å². The molecule has 0 aliphatic rings. The number of aliphatic hydroxyl groups is 1. The molecule has 0 saturated carbocycles. The summed E-state index contributed by atoms with van der Waals surface area (Å²) in [6, 6.07) is 16.3. The van der Waals surface area contributed by atoms with Crippen LogP contribution in [0.5, 0.6) is 5.75 Å². The predicted molar refractivity (Wildman–Crippen MR) is 117 cm³/mol. The number of nitrogens with zero attached hydrogens (tertiary/aromatic N) is 1. The quantitative estimate of drug-likeness (QED) is 0.418. The highest BCUT2D eigenvalue weighted by atomic mass is 32.1. The van der Waals surface area contributed by atoms with Crippen molar-refractivity contribution in [3.05, 3.63) is 64.4 Å². The van der Waals surface area contributed by atoms with Gasteiger partial charge in [-0.25, -0.2) is 4.99 Å². The van der Waals surface area contributed by atoms with Gasteiger partial charge < -0.3 is 20.5 Å². The van der Waals surface area contributed by atoms with E-state index in [1.54, 1.807) is 18.4 Å². The van der Waals surface area contributed by atoms with Crippen LogP contribution < -0.4 is 15.4 Å². The van der Waals surface area contributed by atoms with E-state index in [0.29, 0.717) is 19.0 Å². The Kier molecular flexibility index (Phi) is 6.54. The first-order valence-corrected chi connectivity index (χ1v) is 10.2. The summed E-state index contributed by atoms with van der Waals surface area (Å²) in [5.74, 6) is 1.55. The van der Waals surface area contributed by atoms with Crippen LogP contribution >= 0.6 is 11.3 Å². The lowest BCUT2D eigenvalue weighted by Gasteiger charge is -2.23. The first-order valence-electron chi connectivity index (χ1n) is 9.37. The zero-order valence-corrected chi connectivity index (χ0v) is 17.3. The number of benzene rings is 2. The zero-order valence-electron chi connectivity index (χ0n) is 16.5. The molecule has 2 aromatic carbocycles. The van der Waals surface area contributed by atoms with Gasteiger partial charge in [0.25, 0.3) is 0 Å². The summed E-state index contributed by atoms with van der Waals surface area (Å²) in [4.78, 5) is 5.60. The van der Waals surface area contributed by atoms with Crippen molar-refractivity contribution in [1.29, 1.82) is 0 Å². The van der Waals surface area contributed by atoms with Crippen LogP contribution in [0.1, 0.15) is 24.3 Å². The van der Waals surface area contributed by atoms with Crippen molar-refractivity contribution in [3.63, 3.8) is 0 Å². The van der Waals surface area contributed by atoms with Crippen molar-refractivity contribution in [2.45, 2.75) is 26.0 Å². The van der Waals surface area contributed by atoms with Crippen LogP contribution in [0, 0.1) is 0 Å². The summed E-state index contributed by atoms with van der Waals surface area (Å²) in [5, 5.41) is 21.5. The van der Waals surface area contributed by atoms with Crippen LogP contribution in [-0.4, -0.2) is 31.3 Å². The van der Waals surface area contributed by atoms with E-state index in [-0.39, 0.29) is 0 Å². The number of thiophene rings is 1. The number of hydrogen-bond acceptors (Lipinski definition) is 4. The van der Waals surface area contributed by atoms with Crippen molar-refractivity contribution in [1.82, 2.24) is 10.6 Å². The monoisotopic (exact) mass is 397 g/mol. The minimum Gasteiger partial charge on any atom is -0.497 e. The molecule has 0 bridgehead atoms. The molecule has 0 amide bonds. The first kappa shape index (κ1) is 20.2. The van der Waals surface area contributed by atoms with Crippen LogP contribution in [0.4, 0.5) is 0 Å². The molecule has 5 nitrogen and oxygen atoms in total. The smallest absolute Gasteiger partial charge is 0.191 e. The largest absolute Gasteiger partial charge is 0.497 e. The molecular weight excluding hydrogens is 370 g/mol. The number of fused-ring (bicyclic) bond motifs is 1. The summed E-state index contributed by atoms with van der Waals surface area (Å²) < 4.78 is 5.28. The molecule has 1 aromatic heterocycles. The maximum absolute atomic E-state index is 10.7. The van der Waals surface area contributed by atoms with Crippen molar-refractivity contribution < 1.29 is 9.84 Å². The molecule has 3 aromatic rings. The van der Waals surface area contributed by atoms with E-state index in [0.717, 1.165) is 33.5 Å². The van der Waals surface area contributed by atoms with Gasteiger partial charge in [0.05, 0.1) is 20.2 Å². The van der Waals surface area contributed by atoms with Gasteiger partial charge in [0, 0.05) is 11.4 Å². The van der Waals surface area contributed by atoms with Gasteiger partial charge in [-0.1, -0.05) is 24.3 Å². The molecule has 0 fully saturated rings. The summed E-state index contributed by atoms with van der Waals surface area (Å²) in [5.41, 5.74) is 0.187. The summed E-state index contributed by atoms with van der Waals surface area (Å²) >= 11 is 1.55. The summed E-state index contributed by atoms with van der Waals surface area (Å²) in [6.07, 6.45) is 0. The fraction of sp³-hybridized carbons (Fsp3) is 0.318. The van der Waals surface area contributed by atoms with Gasteiger partial charge in [-0.3, -0.25) is 0 Å². The van der Waals surface area contributed by atoms with Crippen molar-refractivity contribution in [2.24, 2.45) is 4.99 Å². The molecule has 0 aliphatic carbocycles. The third kappa shape index (κ3) is 5.03. The van der Waals surface area contributed by atoms with E-state index >= 15 is 0 Å². The fourth-order valence-electron chi connectivity index (χ4n) is 2.94. The average Bonchev–Trinajstić information content (AvgIpc) is 3.25. The molecule has 1 atom stereocenters. The molecule has 1 unspecified atom stereocenters. The Morgan fingerprint density at radius 3 is 2.64 bits per heavy atom. The van der Waals surface area contributed by atoms with Crippen LogP contribution in [-0.2, 0) is 12.1 Å². The number of methoxy groups -OCH3 is 1. The third-order valence-electron chi connectivity index (χ3n) is 4.53. The molecule has 0 radical (unpaired) electrons. The Bertz CT molecular complexity index is 936. The van der Waals surface area contributed by atoms with Crippen LogP contribution in [0.25, 0.3) is 10.8 Å². The van der Waals surface area contributed by atoms with Crippen LogP contribution in [0.15, 0.2) is 58.9 Å². The molecule has 148 valence electrons. The molecule has 0 aliphatic heterocycles. The molecule has 28 heavy (non-hydrogen) atoms. The number of rotatable bonds is 7. The number of aliphatic imine (C=N–C) groups is 1. The van der Waals surface area contributed by atoms with Crippen molar-refractivity contribution >= 4 is 28.1 Å². The third-order valence-corrected chi connectivity index (χ3v) is 5.65. The molecule has 3 N–H and O–H groups in total. The maximum atomic E-state index is 10.7. The van der Waals surface area contributed by atoms with Gasteiger partial charge in [0.1, 0.15) is 11.4 Å². The van der Waals surface area contributed by atoms with Gasteiger partial charge in [-0.15, -0.1) is 11.3 Å². The highest BCUT2D eigenvalue weighted by molar-refractivity contribution is 7.10. The summed E-state index contributed by atoms with van der Waals surface area (Å²) in [7, 11) is 1.68. The fourth-order valence-corrected chi connectivity index (χ4v) is 3.73. The molecule has 0 saturated heterocycles. The van der Waals surface area contributed by atoms with Crippen molar-refractivity contribution in [2.75, 3.05) is 20.2 Å². The number of guanidine groups is 1. The molecule has 6 heteroatoms. The zero-order chi connectivity index (χ0) is 20.0. The number of hydrogen-bond donors (Lipinski definition) is 3. The predicted octanol–water partition coefficient (Wildman–Crippen LogP) is 3.87. The van der Waals surface area contributed by atoms with Gasteiger partial charge >= 0.3 is 0 Å². The number of nitrogens with one attached hydrogen (secondary N) is 2. The minimum atomic E-state index is -0.938. The normalized spacial score (nSPS) is 13.9. The standard InChI is InChI=1S/C22H27N3O2S/c1-4-23-21(25-15-22(2,26)20-6-5-11-28-20)24-14-16-7-8-18-13-19(27-3)10-9-17(18)12-16/h5-13,26H,4,14-15H2,1-3H3,(H2,23,24,25). The highest BCUT2D eigenvalue weighted by Crippen LogP contribution is 2.24. The van der Waals surface area contributed by atoms with Gasteiger partial charge in [-0.05, 0) is 59.8 Å². The second-order valence-electron chi connectivity index (χ2n) is 6.85. The lowest BCUT2D eigenvalue weighted by Crippen LogP contribution is -2.44. The lowest BCUT2D eigenvalue weighted by atomic mass is 10.1. The first-order chi connectivity index (χ1) is 13.5. The molecule has 0 spiro atoms. The number of ether oxygens (including phenoxy) is 1. The Hall–Kier alpha value is -2.57. The molecular formula is C22H27N3O2S. The highest BCUT2D eigenvalue weighted by Gasteiger charge is 2.24. The van der Waals surface area contributed by atoms with E-state index in [1.807, 2.05) is 43.5 Å². The topological polar surface area (TPSA) is 65.9 Å². The van der Waals surface area contributed by atoms with Gasteiger partial charge in [0.15, 0.2) is 5.96 Å². The van der Waals surface area contributed by atoms with Crippen LogP contribution in [0.2, 0.25) is 0 Å². The SMILES string of the molecule is CCNC(=NCc1ccc2cc(OC)ccc2c1)NCC(C)(O)c1cccs1. The Balaban J connectivity index is 1.69.